The van der Waals surface area contributed by atoms with Gasteiger partial charge in [0.2, 0.25) is 0 Å². The Bertz CT molecular complexity index is 1670. The van der Waals surface area contributed by atoms with Crippen LogP contribution in [0.5, 0.6) is 11.5 Å². The molecule has 0 bridgehead atoms. The first-order chi connectivity index (χ1) is 20.3. The number of nitrogens with zero attached hydrogens (tertiary/aromatic N) is 4. The Morgan fingerprint density at radius 2 is 1.98 bits per heavy atom. The summed E-state index contributed by atoms with van der Waals surface area (Å²) < 4.78 is 21.3. The lowest BCUT2D eigenvalue weighted by molar-refractivity contribution is -0.0722. The number of para-hydroxylation sites is 1. The monoisotopic (exact) mass is 652 g/mol. The van der Waals surface area contributed by atoms with Crippen LogP contribution in [0.4, 0.5) is 0 Å². The fourth-order valence-corrected chi connectivity index (χ4v) is 6.78. The fraction of sp³-hybridized carbons (Fsp3) is 0.387. The van der Waals surface area contributed by atoms with E-state index in [-0.39, 0.29) is 11.7 Å². The molecule has 218 valence electrons. The number of hydrogen-bond acceptors (Lipinski definition) is 7. The number of aromatic nitrogens is 3. The van der Waals surface area contributed by atoms with E-state index in [1.165, 1.54) is 0 Å². The summed E-state index contributed by atoms with van der Waals surface area (Å²) in [5.74, 6) is 0.798. The van der Waals surface area contributed by atoms with E-state index in [1.807, 2.05) is 25.1 Å². The van der Waals surface area contributed by atoms with Crippen LogP contribution in [0.2, 0.25) is 5.02 Å². The average molecular weight is 654 g/mol. The summed E-state index contributed by atoms with van der Waals surface area (Å²) in [5.41, 5.74) is 3.66. The lowest BCUT2D eigenvalue weighted by Crippen LogP contribution is -2.35. The van der Waals surface area contributed by atoms with Gasteiger partial charge in [-0.1, -0.05) is 23.7 Å². The second kappa shape index (κ2) is 10.8. The molecule has 2 atom stereocenters. The van der Waals surface area contributed by atoms with Gasteiger partial charge in [-0.3, -0.25) is 9.88 Å². The smallest absolute Gasteiger partial charge is 0.335 e. The molecule has 5 heterocycles. The molecule has 1 N–H and O–H groups in total. The molecule has 0 amide bonds. The Kier molecular flexibility index (Phi) is 7.12. The summed E-state index contributed by atoms with van der Waals surface area (Å²) in [4.78, 5) is 23.6. The zero-order chi connectivity index (χ0) is 29.0. The van der Waals surface area contributed by atoms with Gasteiger partial charge in [0.25, 0.3) is 5.79 Å². The van der Waals surface area contributed by atoms with E-state index in [0.29, 0.717) is 34.2 Å². The van der Waals surface area contributed by atoms with Gasteiger partial charge in [-0.25, -0.2) is 9.78 Å². The Labute approximate surface area is 256 Å². The summed E-state index contributed by atoms with van der Waals surface area (Å²) in [6.45, 7) is 5.78. The molecule has 4 aromatic rings. The van der Waals surface area contributed by atoms with Crippen molar-refractivity contribution in [1.29, 1.82) is 0 Å². The molecule has 2 saturated heterocycles. The van der Waals surface area contributed by atoms with Crippen LogP contribution in [0.1, 0.15) is 59.5 Å². The van der Waals surface area contributed by atoms with Gasteiger partial charge >= 0.3 is 5.97 Å². The van der Waals surface area contributed by atoms with E-state index in [4.69, 9.17) is 30.8 Å². The number of benzene rings is 2. The van der Waals surface area contributed by atoms with Gasteiger partial charge in [0.05, 0.1) is 35.3 Å². The predicted molar refractivity (Wildman–Crippen MR) is 160 cm³/mol. The van der Waals surface area contributed by atoms with Crippen molar-refractivity contribution in [3.8, 4) is 11.5 Å². The number of halogens is 2. The van der Waals surface area contributed by atoms with Crippen LogP contribution in [0, 0.1) is 0 Å². The van der Waals surface area contributed by atoms with Crippen LogP contribution in [-0.2, 0) is 23.6 Å². The van der Waals surface area contributed by atoms with E-state index in [9.17, 15) is 9.90 Å². The topological polar surface area (TPSA) is 98.9 Å². The minimum atomic E-state index is -1.01. The lowest BCUT2D eigenvalue weighted by Gasteiger charge is -2.33. The number of likely N-dealkylation sites (tertiary alicyclic amines) is 1. The van der Waals surface area contributed by atoms with Gasteiger partial charge in [-0.15, -0.1) is 0 Å². The van der Waals surface area contributed by atoms with Gasteiger partial charge in [0.15, 0.2) is 11.5 Å². The van der Waals surface area contributed by atoms with E-state index in [2.05, 4.69) is 36.4 Å². The van der Waals surface area contributed by atoms with Crippen LogP contribution in [0.25, 0.3) is 11.0 Å². The van der Waals surface area contributed by atoms with Gasteiger partial charge in [0, 0.05) is 29.8 Å². The first-order valence-corrected chi connectivity index (χ1v) is 15.3. The van der Waals surface area contributed by atoms with Crippen molar-refractivity contribution in [2.24, 2.45) is 0 Å². The third kappa shape index (κ3) is 5.04. The number of pyridine rings is 1. The molecule has 2 fully saturated rings. The number of hydrogen-bond donors (Lipinski definition) is 1. The summed E-state index contributed by atoms with van der Waals surface area (Å²) >= 11 is 9.60. The Morgan fingerprint density at radius 1 is 1.17 bits per heavy atom. The number of rotatable bonds is 7. The number of carboxylic acids is 1. The Balaban J connectivity index is 1.09. The summed E-state index contributed by atoms with van der Waals surface area (Å²) in [5, 5.41) is 10.2. The number of ether oxygens (including phenoxy) is 3. The largest absolute Gasteiger partial charge is 0.478 e. The highest BCUT2D eigenvalue weighted by atomic mass is 79.9. The van der Waals surface area contributed by atoms with Gasteiger partial charge in [-0.2, -0.15) is 0 Å². The maximum Gasteiger partial charge on any atom is 0.335 e. The molecule has 2 aromatic carbocycles. The standard InChI is InChI=1S/C31H30BrClN4O5/c1-31(26-6-5-20(33)15-34-26)41-25-4-2-3-22(29(25)42-31)18-7-10-36(11-8-18)17-27-35-28-23(32)13-19(30(38)39)14-24(28)37(27)16-21-9-12-40-21/h2-6,13-15,18,21H,7-12,16-17H2,1H3,(H,38,39)/t21-,31?/m1/s1. The number of piperidine rings is 1. The van der Waals surface area contributed by atoms with E-state index >= 15 is 0 Å². The molecule has 0 spiro atoms. The van der Waals surface area contributed by atoms with Crippen LogP contribution >= 0.6 is 27.5 Å². The van der Waals surface area contributed by atoms with Crippen molar-refractivity contribution in [3.63, 3.8) is 0 Å². The molecular formula is C31H30BrClN4O5. The van der Waals surface area contributed by atoms with Crippen molar-refractivity contribution < 1.29 is 24.1 Å². The molecule has 0 saturated carbocycles. The van der Waals surface area contributed by atoms with Crippen molar-refractivity contribution in [3.05, 3.63) is 80.8 Å². The Morgan fingerprint density at radius 3 is 2.67 bits per heavy atom. The van der Waals surface area contributed by atoms with Gasteiger partial charge < -0.3 is 23.9 Å². The second-order valence-corrected chi connectivity index (χ2v) is 12.6. The third-order valence-corrected chi connectivity index (χ3v) is 9.34. The molecule has 11 heteroatoms. The molecule has 0 aliphatic carbocycles. The van der Waals surface area contributed by atoms with Crippen LogP contribution in [0.15, 0.2) is 53.1 Å². The minimum absolute atomic E-state index is 0.121. The summed E-state index contributed by atoms with van der Waals surface area (Å²) in [6, 6.07) is 13.1. The molecule has 7 rings (SSSR count). The van der Waals surface area contributed by atoms with Gasteiger partial charge in [-0.05, 0) is 84.5 Å². The third-order valence-electron chi connectivity index (χ3n) is 8.51. The number of aromatic carboxylic acids is 1. The highest BCUT2D eigenvalue weighted by molar-refractivity contribution is 9.10. The number of carbonyl (C=O) groups is 1. The molecule has 3 aliphatic heterocycles. The minimum Gasteiger partial charge on any atom is -0.478 e. The molecule has 0 radical (unpaired) electrons. The quantitative estimate of drug-likeness (QED) is 0.246. The van der Waals surface area contributed by atoms with E-state index < -0.39 is 11.8 Å². The van der Waals surface area contributed by atoms with Gasteiger partial charge in [0.1, 0.15) is 17.0 Å². The van der Waals surface area contributed by atoms with Crippen LogP contribution in [-0.4, -0.2) is 56.3 Å². The molecule has 2 aromatic heterocycles. The average Bonchev–Trinajstić information content (AvgIpc) is 3.49. The van der Waals surface area contributed by atoms with E-state index in [0.717, 1.165) is 72.9 Å². The normalized spacial score (nSPS) is 22.4. The molecular weight excluding hydrogens is 624 g/mol. The number of fused-ring (bicyclic) bond motifs is 2. The molecule has 1 unspecified atom stereocenters. The second-order valence-electron chi connectivity index (χ2n) is 11.3. The number of imidazole rings is 1. The highest BCUT2D eigenvalue weighted by Crippen LogP contribution is 2.49. The first kappa shape index (κ1) is 27.6. The predicted octanol–water partition coefficient (Wildman–Crippen LogP) is 6.36. The van der Waals surface area contributed by atoms with Crippen molar-refractivity contribution in [1.82, 2.24) is 19.4 Å². The van der Waals surface area contributed by atoms with Crippen molar-refractivity contribution in [2.45, 2.75) is 57.1 Å². The molecule has 3 aliphatic rings. The van der Waals surface area contributed by atoms with Crippen molar-refractivity contribution in [2.75, 3.05) is 19.7 Å². The molecule has 9 nitrogen and oxygen atoms in total. The lowest BCUT2D eigenvalue weighted by atomic mass is 9.88. The zero-order valence-corrected chi connectivity index (χ0v) is 25.4. The maximum absolute atomic E-state index is 11.8. The summed E-state index contributed by atoms with van der Waals surface area (Å²) in [6.07, 6.45) is 4.65. The SMILES string of the molecule is CC1(c2ccc(Cl)cn2)Oc2cccc(C3CCN(Cc4nc5c(Br)cc(C(=O)O)cc5n4C[C@H]4CCO4)CC3)c2O1. The Hall–Kier alpha value is -3.18. The highest BCUT2D eigenvalue weighted by Gasteiger charge is 2.42. The first-order valence-electron chi connectivity index (χ1n) is 14.2. The van der Waals surface area contributed by atoms with Crippen LogP contribution in [0.3, 0.4) is 0 Å². The maximum atomic E-state index is 11.8. The van der Waals surface area contributed by atoms with Crippen LogP contribution < -0.4 is 9.47 Å². The molecule has 42 heavy (non-hydrogen) atoms. The number of carboxylic acid groups (broad SMARTS) is 1. The zero-order valence-electron chi connectivity index (χ0n) is 23.1. The summed E-state index contributed by atoms with van der Waals surface area (Å²) in [7, 11) is 0. The van der Waals surface area contributed by atoms with E-state index in [1.54, 1.807) is 24.4 Å². The van der Waals surface area contributed by atoms with Crippen molar-refractivity contribution >= 4 is 44.5 Å². The fourth-order valence-electron chi connectivity index (χ4n) is 6.13.